The van der Waals surface area contributed by atoms with Crippen LogP contribution in [-0.4, -0.2) is 20.9 Å². The van der Waals surface area contributed by atoms with Gasteiger partial charge < -0.3 is 5.73 Å². The zero-order chi connectivity index (χ0) is 9.26. The maximum Gasteiger partial charge on any atom is 0.270 e. The molecular formula is C8H12N4O. The highest BCUT2D eigenvalue weighted by Crippen LogP contribution is 2.27. The molecule has 70 valence electrons. The topological polar surface area (TPSA) is 73.8 Å². The third kappa shape index (κ3) is 1.68. The van der Waals surface area contributed by atoms with Crippen LogP contribution in [0.2, 0.25) is 0 Å². The highest BCUT2D eigenvalue weighted by molar-refractivity contribution is 5.90. The summed E-state index contributed by atoms with van der Waals surface area (Å²) in [7, 11) is 0. The molecule has 0 spiro atoms. The van der Waals surface area contributed by atoms with Crippen LogP contribution in [0.25, 0.3) is 0 Å². The fourth-order valence-electron chi connectivity index (χ4n) is 1.44. The molecular weight excluding hydrogens is 168 g/mol. The van der Waals surface area contributed by atoms with Gasteiger partial charge in [0.1, 0.15) is 0 Å². The van der Waals surface area contributed by atoms with Crippen LogP contribution in [0.3, 0.4) is 0 Å². The number of hydrogen-bond acceptors (Lipinski definition) is 3. The molecule has 1 fully saturated rings. The van der Waals surface area contributed by atoms with E-state index in [0.29, 0.717) is 5.92 Å². The predicted molar refractivity (Wildman–Crippen MR) is 45.9 cm³/mol. The first-order chi connectivity index (χ1) is 6.25. The van der Waals surface area contributed by atoms with E-state index in [2.05, 4.69) is 10.3 Å². The largest absolute Gasteiger partial charge is 0.364 e. The molecule has 0 aliphatic heterocycles. The van der Waals surface area contributed by atoms with Crippen molar-refractivity contribution < 1.29 is 4.79 Å². The molecule has 1 aliphatic carbocycles. The first-order valence-corrected chi connectivity index (χ1v) is 4.45. The van der Waals surface area contributed by atoms with E-state index in [1.54, 1.807) is 10.9 Å². The van der Waals surface area contributed by atoms with Crippen molar-refractivity contribution in [1.29, 1.82) is 0 Å². The van der Waals surface area contributed by atoms with Gasteiger partial charge in [-0.2, -0.15) is 0 Å². The molecule has 0 bridgehead atoms. The summed E-state index contributed by atoms with van der Waals surface area (Å²) in [4.78, 5) is 10.7. The third-order valence-electron chi connectivity index (χ3n) is 2.46. The number of nitrogens with zero attached hydrogens (tertiary/aromatic N) is 3. The second-order valence-corrected chi connectivity index (χ2v) is 3.49. The summed E-state index contributed by atoms with van der Waals surface area (Å²) in [5, 5.41) is 7.49. The summed E-state index contributed by atoms with van der Waals surface area (Å²) in [5.74, 6) is 0.197. The second-order valence-electron chi connectivity index (χ2n) is 3.49. The smallest absolute Gasteiger partial charge is 0.270 e. The number of primary amides is 1. The highest BCUT2D eigenvalue weighted by Gasteiger charge is 2.18. The summed E-state index contributed by atoms with van der Waals surface area (Å²) in [6.45, 7) is 0.861. The minimum absolute atomic E-state index is 0.249. The van der Waals surface area contributed by atoms with E-state index >= 15 is 0 Å². The van der Waals surface area contributed by atoms with Gasteiger partial charge in [-0.25, -0.2) is 0 Å². The lowest BCUT2D eigenvalue weighted by molar-refractivity contribution is 0.0995. The molecule has 1 aliphatic rings. The van der Waals surface area contributed by atoms with Gasteiger partial charge in [-0.3, -0.25) is 9.48 Å². The Morgan fingerprint density at radius 3 is 2.92 bits per heavy atom. The van der Waals surface area contributed by atoms with Crippen molar-refractivity contribution >= 4 is 5.91 Å². The van der Waals surface area contributed by atoms with Crippen LogP contribution in [-0.2, 0) is 6.54 Å². The van der Waals surface area contributed by atoms with Gasteiger partial charge in [-0.15, -0.1) is 5.10 Å². The van der Waals surface area contributed by atoms with Crippen LogP contribution >= 0.6 is 0 Å². The van der Waals surface area contributed by atoms with Crippen molar-refractivity contribution in [3.63, 3.8) is 0 Å². The maximum absolute atomic E-state index is 10.7. The molecule has 0 saturated heterocycles. The van der Waals surface area contributed by atoms with Gasteiger partial charge in [0.25, 0.3) is 5.91 Å². The standard InChI is InChI=1S/C8H12N4O/c9-8(13)7-5-12(11-10-7)4-6-2-1-3-6/h5-6H,1-4H2,(H2,9,13). The Kier molecular flexibility index (Phi) is 2.00. The molecule has 1 saturated carbocycles. The Hall–Kier alpha value is -1.39. The molecule has 0 radical (unpaired) electrons. The van der Waals surface area contributed by atoms with Crippen LogP contribution in [0, 0.1) is 5.92 Å². The molecule has 2 rings (SSSR count). The van der Waals surface area contributed by atoms with E-state index in [9.17, 15) is 4.79 Å². The van der Waals surface area contributed by atoms with Crippen molar-refractivity contribution in [2.45, 2.75) is 25.8 Å². The van der Waals surface area contributed by atoms with Crippen molar-refractivity contribution in [3.8, 4) is 0 Å². The van der Waals surface area contributed by atoms with Crippen LogP contribution in [0.5, 0.6) is 0 Å². The van der Waals surface area contributed by atoms with E-state index < -0.39 is 5.91 Å². The number of amides is 1. The fraction of sp³-hybridized carbons (Fsp3) is 0.625. The molecule has 1 aromatic rings. The van der Waals surface area contributed by atoms with Crippen LogP contribution in [0.1, 0.15) is 29.8 Å². The first-order valence-electron chi connectivity index (χ1n) is 4.45. The summed E-state index contributed by atoms with van der Waals surface area (Å²) >= 11 is 0. The number of aromatic nitrogens is 3. The van der Waals surface area contributed by atoms with E-state index in [4.69, 9.17) is 5.73 Å². The number of carbonyl (C=O) groups is 1. The van der Waals surface area contributed by atoms with Crippen LogP contribution < -0.4 is 5.73 Å². The van der Waals surface area contributed by atoms with Crippen molar-refractivity contribution in [1.82, 2.24) is 15.0 Å². The van der Waals surface area contributed by atoms with E-state index in [-0.39, 0.29) is 5.69 Å². The quantitative estimate of drug-likeness (QED) is 0.720. The maximum atomic E-state index is 10.7. The van der Waals surface area contributed by atoms with Gasteiger partial charge in [0.2, 0.25) is 0 Å². The molecule has 1 amide bonds. The van der Waals surface area contributed by atoms with Crippen molar-refractivity contribution in [2.75, 3.05) is 0 Å². The Labute approximate surface area is 75.9 Å². The molecule has 1 heterocycles. The zero-order valence-electron chi connectivity index (χ0n) is 7.31. The number of rotatable bonds is 3. The Bertz CT molecular complexity index is 316. The molecule has 5 nitrogen and oxygen atoms in total. The zero-order valence-corrected chi connectivity index (χ0v) is 7.31. The molecule has 1 aromatic heterocycles. The molecule has 0 atom stereocenters. The Morgan fingerprint density at radius 2 is 2.46 bits per heavy atom. The van der Waals surface area contributed by atoms with Crippen LogP contribution in [0.4, 0.5) is 0 Å². The monoisotopic (exact) mass is 180 g/mol. The van der Waals surface area contributed by atoms with Crippen molar-refractivity contribution in [3.05, 3.63) is 11.9 Å². The van der Waals surface area contributed by atoms with Gasteiger partial charge in [0.15, 0.2) is 5.69 Å². The molecule has 2 N–H and O–H groups in total. The summed E-state index contributed by atoms with van der Waals surface area (Å²) in [5.41, 5.74) is 5.30. The number of hydrogen-bond donors (Lipinski definition) is 1. The van der Waals surface area contributed by atoms with Gasteiger partial charge in [-0.05, 0) is 18.8 Å². The normalized spacial score (nSPS) is 16.9. The Balaban J connectivity index is 2.00. The Morgan fingerprint density at radius 1 is 1.69 bits per heavy atom. The number of carbonyl (C=O) groups excluding carboxylic acids is 1. The predicted octanol–water partition coefficient (Wildman–Crippen LogP) is 0.177. The average molecular weight is 180 g/mol. The van der Waals surface area contributed by atoms with E-state index in [1.165, 1.54) is 19.3 Å². The van der Waals surface area contributed by atoms with Gasteiger partial charge in [0, 0.05) is 6.54 Å². The lowest BCUT2D eigenvalue weighted by atomic mass is 9.85. The second kappa shape index (κ2) is 3.16. The summed E-state index contributed by atoms with van der Waals surface area (Å²) in [6, 6.07) is 0. The SMILES string of the molecule is NC(=O)c1cn(CC2CCC2)nn1. The van der Waals surface area contributed by atoms with Gasteiger partial charge >= 0.3 is 0 Å². The molecule has 5 heteroatoms. The average Bonchev–Trinajstić information content (AvgIpc) is 2.44. The minimum Gasteiger partial charge on any atom is -0.364 e. The van der Waals surface area contributed by atoms with Crippen molar-refractivity contribution in [2.24, 2.45) is 11.7 Å². The molecule has 13 heavy (non-hydrogen) atoms. The van der Waals surface area contributed by atoms with Gasteiger partial charge in [-0.1, -0.05) is 11.6 Å². The van der Waals surface area contributed by atoms with Crippen LogP contribution in [0.15, 0.2) is 6.20 Å². The third-order valence-corrected chi connectivity index (χ3v) is 2.46. The fourth-order valence-corrected chi connectivity index (χ4v) is 1.44. The lowest BCUT2D eigenvalue weighted by Gasteiger charge is -2.24. The number of nitrogens with two attached hydrogens (primary N) is 1. The first kappa shape index (κ1) is 8.22. The highest BCUT2D eigenvalue weighted by atomic mass is 16.1. The summed E-state index contributed by atoms with van der Waals surface area (Å²) < 4.78 is 1.70. The summed E-state index contributed by atoms with van der Waals surface area (Å²) in [6.07, 6.45) is 5.43. The van der Waals surface area contributed by atoms with Gasteiger partial charge in [0.05, 0.1) is 6.20 Å². The molecule has 0 aromatic carbocycles. The van der Waals surface area contributed by atoms with E-state index in [0.717, 1.165) is 6.54 Å². The minimum atomic E-state index is -0.514. The molecule has 0 unspecified atom stereocenters. The lowest BCUT2D eigenvalue weighted by Crippen LogP contribution is -2.18. The van der Waals surface area contributed by atoms with E-state index in [1.807, 2.05) is 0 Å².